The van der Waals surface area contributed by atoms with Crippen molar-refractivity contribution in [3.05, 3.63) is 51.5 Å². The third-order valence-corrected chi connectivity index (χ3v) is 4.22. The smallest absolute Gasteiger partial charge is 0.198 e. The summed E-state index contributed by atoms with van der Waals surface area (Å²) in [4.78, 5) is 7.32. The summed E-state index contributed by atoms with van der Waals surface area (Å²) in [5.41, 5.74) is 2.88. The molecule has 0 radical (unpaired) electrons. The van der Waals surface area contributed by atoms with Crippen LogP contribution in [0.25, 0.3) is 10.9 Å². The molecule has 2 aromatic carbocycles. The highest BCUT2D eigenvalue weighted by Gasteiger charge is 2.10. The Morgan fingerprint density at radius 1 is 1.22 bits per heavy atom. The number of aromatic amines is 1. The number of aromatic nitrogens is 1. The van der Waals surface area contributed by atoms with Gasteiger partial charge in [-0.2, -0.15) is 0 Å². The number of hydrogen-bond donors (Lipinski definition) is 2. The fourth-order valence-electron chi connectivity index (χ4n) is 2.35. The van der Waals surface area contributed by atoms with Crippen molar-refractivity contribution in [3.63, 3.8) is 0 Å². The van der Waals surface area contributed by atoms with E-state index in [1.165, 1.54) is 0 Å². The fourth-order valence-corrected chi connectivity index (χ4v) is 2.67. The minimum atomic E-state index is 0.0377. The molecule has 1 heterocycles. The Balaban J connectivity index is 2.09. The SMILES string of the molecule is COc1cc(Cl)c(C)cc1N=Cc1c(O)[nH]c2ccc(Cl)cc12. The molecule has 3 rings (SSSR count). The summed E-state index contributed by atoms with van der Waals surface area (Å²) in [5.74, 6) is 0.602. The van der Waals surface area contributed by atoms with E-state index in [0.29, 0.717) is 27.0 Å². The van der Waals surface area contributed by atoms with Gasteiger partial charge in [0, 0.05) is 33.2 Å². The minimum Gasteiger partial charge on any atom is -0.494 e. The minimum absolute atomic E-state index is 0.0377. The van der Waals surface area contributed by atoms with Gasteiger partial charge in [-0.1, -0.05) is 23.2 Å². The topological polar surface area (TPSA) is 57.6 Å². The van der Waals surface area contributed by atoms with Crippen LogP contribution >= 0.6 is 23.2 Å². The molecular weight excluding hydrogens is 335 g/mol. The van der Waals surface area contributed by atoms with Crippen LogP contribution in [0.2, 0.25) is 10.0 Å². The number of halogens is 2. The summed E-state index contributed by atoms with van der Waals surface area (Å²) in [6.07, 6.45) is 1.58. The Morgan fingerprint density at radius 2 is 2.00 bits per heavy atom. The average Bonchev–Trinajstić information content (AvgIpc) is 2.83. The van der Waals surface area contributed by atoms with Crippen LogP contribution in [0.15, 0.2) is 35.3 Å². The first-order chi connectivity index (χ1) is 11.0. The van der Waals surface area contributed by atoms with Gasteiger partial charge in [0.05, 0.1) is 12.7 Å². The lowest BCUT2D eigenvalue weighted by atomic mass is 10.2. The Bertz CT molecular complexity index is 917. The Morgan fingerprint density at radius 3 is 2.74 bits per heavy atom. The van der Waals surface area contributed by atoms with Gasteiger partial charge in [0.15, 0.2) is 5.88 Å². The number of nitrogens with zero attached hydrogens (tertiary/aromatic N) is 1. The van der Waals surface area contributed by atoms with Gasteiger partial charge in [0.25, 0.3) is 0 Å². The monoisotopic (exact) mass is 348 g/mol. The lowest BCUT2D eigenvalue weighted by molar-refractivity contribution is 0.416. The van der Waals surface area contributed by atoms with Gasteiger partial charge in [-0.15, -0.1) is 0 Å². The normalized spacial score (nSPS) is 11.5. The molecule has 23 heavy (non-hydrogen) atoms. The number of ether oxygens (including phenoxy) is 1. The van der Waals surface area contributed by atoms with Crippen LogP contribution in [0, 0.1) is 6.92 Å². The van der Waals surface area contributed by atoms with E-state index in [-0.39, 0.29) is 5.88 Å². The van der Waals surface area contributed by atoms with Gasteiger partial charge in [-0.05, 0) is 36.8 Å². The van der Waals surface area contributed by atoms with E-state index < -0.39 is 0 Å². The number of aryl methyl sites for hydroxylation is 1. The van der Waals surface area contributed by atoms with Crippen LogP contribution in [-0.4, -0.2) is 23.4 Å². The molecule has 3 aromatic rings. The molecule has 118 valence electrons. The molecule has 0 spiro atoms. The van der Waals surface area contributed by atoms with Gasteiger partial charge in [0.1, 0.15) is 11.4 Å². The molecule has 0 aliphatic carbocycles. The Kier molecular flexibility index (Phi) is 4.20. The second kappa shape index (κ2) is 6.14. The summed E-state index contributed by atoms with van der Waals surface area (Å²) in [7, 11) is 1.56. The van der Waals surface area contributed by atoms with Gasteiger partial charge in [-0.25, -0.2) is 0 Å². The van der Waals surface area contributed by atoms with Crippen molar-refractivity contribution in [2.75, 3.05) is 7.11 Å². The molecule has 0 atom stereocenters. The van der Waals surface area contributed by atoms with Gasteiger partial charge in [-0.3, -0.25) is 4.99 Å². The molecule has 2 N–H and O–H groups in total. The van der Waals surface area contributed by atoms with Crippen LogP contribution in [0.4, 0.5) is 5.69 Å². The highest BCUT2D eigenvalue weighted by molar-refractivity contribution is 6.32. The number of benzene rings is 2. The van der Waals surface area contributed by atoms with Gasteiger partial charge in [0.2, 0.25) is 0 Å². The van der Waals surface area contributed by atoms with Crippen LogP contribution in [-0.2, 0) is 0 Å². The fraction of sp³-hybridized carbons (Fsp3) is 0.118. The van der Waals surface area contributed by atoms with E-state index >= 15 is 0 Å². The molecule has 0 saturated carbocycles. The van der Waals surface area contributed by atoms with Crippen molar-refractivity contribution in [1.82, 2.24) is 4.98 Å². The van der Waals surface area contributed by atoms with Crippen molar-refractivity contribution in [2.45, 2.75) is 6.92 Å². The lowest BCUT2D eigenvalue weighted by Crippen LogP contribution is -1.87. The van der Waals surface area contributed by atoms with Crippen LogP contribution < -0.4 is 4.74 Å². The average molecular weight is 349 g/mol. The van der Waals surface area contributed by atoms with Gasteiger partial charge >= 0.3 is 0 Å². The zero-order valence-electron chi connectivity index (χ0n) is 12.5. The van der Waals surface area contributed by atoms with Crippen molar-refractivity contribution in [2.24, 2.45) is 4.99 Å². The van der Waals surface area contributed by atoms with E-state index in [9.17, 15) is 5.11 Å². The Labute approximate surface area is 143 Å². The maximum absolute atomic E-state index is 10.1. The first kappa shape index (κ1) is 15.7. The molecule has 6 heteroatoms. The molecule has 4 nitrogen and oxygen atoms in total. The number of aromatic hydroxyl groups is 1. The second-order valence-electron chi connectivity index (χ2n) is 5.11. The maximum atomic E-state index is 10.1. The highest BCUT2D eigenvalue weighted by Crippen LogP contribution is 2.34. The van der Waals surface area contributed by atoms with Crippen molar-refractivity contribution >= 4 is 46.0 Å². The number of nitrogens with one attached hydrogen (secondary N) is 1. The summed E-state index contributed by atoms with van der Waals surface area (Å²) in [6.45, 7) is 1.89. The third-order valence-electron chi connectivity index (χ3n) is 3.57. The van der Waals surface area contributed by atoms with E-state index in [2.05, 4.69) is 9.98 Å². The lowest BCUT2D eigenvalue weighted by Gasteiger charge is -2.07. The number of aliphatic imine (C=N–C) groups is 1. The molecule has 0 aliphatic rings. The van der Waals surface area contributed by atoms with E-state index in [1.807, 2.05) is 19.1 Å². The number of fused-ring (bicyclic) bond motifs is 1. The quantitative estimate of drug-likeness (QED) is 0.635. The molecule has 0 aliphatic heterocycles. The molecule has 0 saturated heterocycles. The summed E-state index contributed by atoms with van der Waals surface area (Å²) >= 11 is 12.1. The number of methoxy groups -OCH3 is 1. The number of H-pyrrole nitrogens is 1. The zero-order chi connectivity index (χ0) is 16.6. The van der Waals surface area contributed by atoms with Crippen molar-refractivity contribution in [1.29, 1.82) is 0 Å². The maximum Gasteiger partial charge on any atom is 0.198 e. The van der Waals surface area contributed by atoms with E-state index in [4.69, 9.17) is 27.9 Å². The van der Waals surface area contributed by atoms with Gasteiger partial charge < -0.3 is 14.8 Å². The third kappa shape index (κ3) is 3.00. The van der Waals surface area contributed by atoms with Crippen molar-refractivity contribution < 1.29 is 9.84 Å². The predicted molar refractivity (Wildman–Crippen MR) is 95.0 cm³/mol. The van der Waals surface area contributed by atoms with Crippen LogP contribution in [0.5, 0.6) is 11.6 Å². The molecule has 1 aromatic heterocycles. The summed E-state index contributed by atoms with van der Waals surface area (Å²) in [5, 5.41) is 12.1. The van der Waals surface area contributed by atoms with Crippen LogP contribution in [0.3, 0.4) is 0 Å². The molecule has 0 bridgehead atoms. The number of rotatable bonds is 3. The molecule has 0 amide bonds. The summed E-state index contributed by atoms with van der Waals surface area (Å²) in [6, 6.07) is 8.89. The molecule has 0 unspecified atom stereocenters. The predicted octanol–water partition coefficient (Wildman–Crippen LogP) is 5.25. The molecule has 0 fully saturated rings. The van der Waals surface area contributed by atoms with Crippen molar-refractivity contribution in [3.8, 4) is 11.6 Å². The standard InChI is InChI=1S/C17H14Cl2N2O2/c1-9-5-15(16(23-2)7-13(9)19)20-8-12-11-6-10(18)3-4-14(11)21-17(12)22/h3-8,21-22H,1-2H3. The van der Waals surface area contributed by atoms with E-state index in [1.54, 1.807) is 31.5 Å². The zero-order valence-corrected chi connectivity index (χ0v) is 14.0. The second-order valence-corrected chi connectivity index (χ2v) is 5.95. The first-order valence-electron chi connectivity index (χ1n) is 6.88. The van der Waals surface area contributed by atoms with E-state index in [0.717, 1.165) is 16.5 Å². The first-order valence-corrected chi connectivity index (χ1v) is 7.63. The summed E-state index contributed by atoms with van der Waals surface area (Å²) < 4.78 is 5.30. The number of hydrogen-bond acceptors (Lipinski definition) is 3. The van der Waals surface area contributed by atoms with Crippen LogP contribution in [0.1, 0.15) is 11.1 Å². The highest BCUT2D eigenvalue weighted by atomic mass is 35.5. The largest absolute Gasteiger partial charge is 0.494 e. The Hall–Kier alpha value is -2.17. The molecular formula is C17H14Cl2N2O2.